The lowest BCUT2D eigenvalue weighted by Crippen LogP contribution is -2.33. The molecule has 0 radical (unpaired) electrons. The van der Waals surface area contributed by atoms with Gasteiger partial charge in [0.25, 0.3) is 0 Å². The van der Waals surface area contributed by atoms with Gasteiger partial charge in [-0.1, -0.05) is 13.8 Å². The lowest BCUT2D eigenvalue weighted by atomic mass is 10.2. The first-order valence-corrected chi connectivity index (χ1v) is 5.97. The Morgan fingerprint density at radius 2 is 2.21 bits per heavy atom. The molecule has 0 aliphatic heterocycles. The first-order chi connectivity index (χ1) is 6.65. The topological polar surface area (TPSA) is 25.2 Å². The molecule has 0 aliphatic rings. The van der Waals surface area contributed by atoms with Crippen molar-refractivity contribution in [2.24, 2.45) is 0 Å². The highest BCUT2D eigenvalue weighted by Crippen LogP contribution is 2.28. The molecule has 0 fully saturated rings. The number of aryl methyl sites for hydroxylation is 1. The zero-order valence-corrected chi connectivity index (χ0v) is 10.1. The Morgan fingerprint density at radius 3 is 2.71 bits per heavy atom. The van der Waals surface area contributed by atoms with Crippen LogP contribution in [0.15, 0.2) is 21.6 Å². The molecule has 1 rings (SSSR count). The smallest absolute Gasteiger partial charge is 0.114 e. The van der Waals surface area contributed by atoms with Crippen LogP contribution in [0.1, 0.15) is 26.5 Å². The van der Waals surface area contributed by atoms with Crippen molar-refractivity contribution in [3.05, 3.63) is 18.1 Å². The van der Waals surface area contributed by atoms with Crippen molar-refractivity contribution in [1.82, 2.24) is 5.32 Å². The average molecular weight is 213 g/mol. The van der Waals surface area contributed by atoms with Crippen molar-refractivity contribution in [3.63, 3.8) is 0 Å². The van der Waals surface area contributed by atoms with Crippen molar-refractivity contribution < 1.29 is 4.42 Å². The minimum Gasteiger partial charge on any atom is -0.468 e. The summed E-state index contributed by atoms with van der Waals surface area (Å²) >= 11 is 1.87. The van der Waals surface area contributed by atoms with Crippen LogP contribution in [0.3, 0.4) is 0 Å². The number of hydrogen-bond acceptors (Lipinski definition) is 3. The van der Waals surface area contributed by atoms with Crippen LogP contribution >= 0.6 is 11.8 Å². The van der Waals surface area contributed by atoms with Crippen LogP contribution in [-0.2, 0) is 0 Å². The molecule has 3 heteroatoms. The maximum Gasteiger partial charge on any atom is 0.114 e. The second-order valence-corrected chi connectivity index (χ2v) is 4.93. The molecular formula is C11H19NOS. The van der Waals surface area contributed by atoms with Crippen LogP contribution in [0.4, 0.5) is 0 Å². The van der Waals surface area contributed by atoms with Gasteiger partial charge in [0, 0.05) is 16.2 Å². The van der Waals surface area contributed by atoms with E-state index in [1.54, 1.807) is 6.26 Å². The molecular weight excluding hydrogens is 194 g/mol. The SMILES string of the molecule is CCNC(C)C(C)Sc1ccoc1C. The van der Waals surface area contributed by atoms with Gasteiger partial charge in [0.05, 0.1) is 6.26 Å². The number of nitrogens with one attached hydrogen (secondary N) is 1. The minimum atomic E-state index is 0.527. The Labute approximate surface area is 90.5 Å². The third kappa shape index (κ3) is 3.07. The van der Waals surface area contributed by atoms with Crippen molar-refractivity contribution in [1.29, 1.82) is 0 Å². The summed E-state index contributed by atoms with van der Waals surface area (Å²) < 4.78 is 5.26. The van der Waals surface area contributed by atoms with Gasteiger partial charge in [-0.15, -0.1) is 11.8 Å². The fourth-order valence-electron chi connectivity index (χ4n) is 1.29. The van der Waals surface area contributed by atoms with Gasteiger partial charge in [-0.05, 0) is 26.5 Å². The molecule has 2 atom stereocenters. The normalized spacial score (nSPS) is 15.4. The highest BCUT2D eigenvalue weighted by molar-refractivity contribution is 8.00. The van der Waals surface area contributed by atoms with Crippen LogP contribution in [0, 0.1) is 6.92 Å². The van der Waals surface area contributed by atoms with Crippen molar-refractivity contribution in [3.8, 4) is 0 Å². The Bertz CT molecular complexity index is 272. The Kier molecular flexibility index (Phi) is 4.55. The quantitative estimate of drug-likeness (QED) is 0.761. The van der Waals surface area contributed by atoms with E-state index in [9.17, 15) is 0 Å². The van der Waals surface area contributed by atoms with E-state index in [0.717, 1.165) is 12.3 Å². The lowest BCUT2D eigenvalue weighted by molar-refractivity contribution is 0.526. The van der Waals surface area contributed by atoms with Crippen LogP contribution in [-0.4, -0.2) is 17.8 Å². The van der Waals surface area contributed by atoms with Crippen molar-refractivity contribution in [2.75, 3.05) is 6.54 Å². The zero-order valence-electron chi connectivity index (χ0n) is 9.33. The van der Waals surface area contributed by atoms with E-state index in [0.29, 0.717) is 11.3 Å². The zero-order chi connectivity index (χ0) is 10.6. The summed E-state index contributed by atoms with van der Waals surface area (Å²) in [5, 5.41) is 3.99. The van der Waals surface area contributed by atoms with E-state index >= 15 is 0 Å². The van der Waals surface area contributed by atoms with Crippen LogP contribution in [0.25, 0.3) is 0 Å². The molecule has 0 aliphatic carbocycles. The maximum absolute atomic E-state index is 5.26. The van der Waals surface area contributed by atoms with Crippen LogP contribution in [0.5, 0.6) is 0 Å². The molecule has 1 heterocycles. The predicted molar refractivity (Wildman–Crippen MR) is 61.9 cm³/mol. The maximum atomic E-state index is 5.26. The molecule has 80 valence electrons. The molecule has 1 aromatic heterocycles. The summed E-state index contributed by atoms with van der Waals surface area (Å²) in [7, 11) is 0. The number of hydrogen-bond donors (Lipinski definition) is 1. The summed E-state index contributed by atoms with van der Waals surface area (Å²) in [5.74, 6) is 1.02. The molecule has 1 N–H and O–H groups in total. The Morgan fingerprint density at radius 1 is 1.50 bits per heavy atom. The van der Waals surface area contributed by atoms with E-state index in [4.69, 9.17) is 4.42 Å². The van der Waals surface area contributed by atoms with E-state index in [-0.39, 0.29) is 0 Å². The van der Waals surface area contributed by atoms with E-state index < -0.39 is 0 Å². The van der Waals surface area contributed by atoms with Crippen molar-refractivity contribution >= 4 is 11.8 Å². The average Bonchev–Trinajstić information content (AvgIpc) is 2.52. The largest absolute Gasteiger partial charge is 0.468 e. The summed E-state index contributed by atoms with van der Waals surface area (Å²) in [6, 6.07) is 2.56. The Hall–Kier alpha value is -0.410. The number of furan rings is 1. The first kappa shape index (κ1) is 11.7. The monoisotopic (exact) mass is 213 g/mol. The van der Waals surface area contributed by atoms with Crippen molar-refractivity contribution in [2.45, 2.75) is 43.9 Å². The van der Waals surface area contributed by atoms with Gasteiger partial charge in [0.2, 0.25) is 0 Å². The van der Waals surface area contributed by atoms with Gasteiger partial charge in [0.15, 0.2) is 0 Å². The standard InChI is InChI=1S/C11H19NOS/c1-5-12-8(2)10(4)14-11-6-7-13-9(11)3/h6-8,10,12H,5H2,1-4H3. The molecule has 0 spiro atoms. The third-order valence-electron chi connectivity index (χ3n) is 2.35. The Balaban J connectivity index is 2.48. The second kappa shape index (κ2) is 5.47. The molecule has 0 saturated heterocycles. The van der Waals surface area contributed by atoms with Gasteiger partial charge >= 0.3 is 0 Å². The second-order valence-electron chi connectivity index (χ2n) is 3.51. The number of rotatable bonds is 5. The number of thioether (sulfide) groups is 1. The molecule has 1 aromatic rings. The van der Waals surface area contributed by atoms with E-state index in [1.807, 2.05) is 24.8 Å². The fourth-order valence-corrected chi connectivity index (χ4v) is 2.33. The van der Waals surface area contributed by atoms with Gasteiger partial charge in [-0.25, -0.2) is 0 Å². The van der Waals surface area contributed by atoms with E-state index in [2.05, 4.69) is 26.1 Å². The molecule has 2 unspecified atom stereocenters. The molecule has 0 saturated carbocycles. The predicted octanol–water partition coefficient (Wildman–Crippen LogP) is 3.07. The molecule has 2 nitrogen and oxygen atoms in total. The molecule has 0 bridgehead atoms. The molecule has 14 heavy (non-hydrogen) atoms. The van der Waals surface area contributed by atoms with Gasteiger partial charge in [-0.2, -0.15) is 0 Å². The minimum absolute atomic E-state index is 0.527. The highest BCUT2D eigenvalue weighted by Gasteiger charge is 2.14. The van der Waals surface area contributed by atoms with Crippen LogP contribution < -0.4 is 5.32 Å². The lowest BCUT2D eigenvalue weighted by Gasteiger charge is -2.19. The summed E-state index contributed by atoms with van der Waals surface area (Å²) in [4.78, 5) is 1.25. The summed E-state index contributed by atoms with van der Waals surface area (Å²) in [5.41, 5.74) is 0. The summed E-state index contributed by atoms with van der Waals surface area (Å²) in [6.07, 6.45) is 1.75. The van der Waals surface area contributed by atoms with Gasteiger partial charge in [-0.3, -0.25) is 0 Å². The van der Waals surface area contributed by atoms with E-state index in [1.165, 1.54) is 4.90 Å². The van der Waals surface area contributed by atoms with Crippen LogP contribution in [0.2, 0.25) is 0 Å². The highest BCUT2D eigenvalue weighted by atomic mass is 32.2. The molecule has 0 amide bonds. The van der Waals surface area contributed by atoms with Gasteiger partial charge in [0.1, 0.15) is 5.76 Å². The summed E-state index contributed by atoms with van der Waals surface area (Å²) in [6.45, 7) is 9.63. The third-order valence-corrected chi connectivity index (χ3v) is 3.81. The fraction of sp³-hybridized carbons (Fsp3) is 0.636. The first-order valence-electron chi connectivity index (χ1n) is 5.09. The van der Waals surface area contributed by atoms with Gasteiger partial charge < -0.3 is 9.73 Å². The molecule has 0 aromatic carbocycles.